The van der Waals surface area contributed by atoms with E-state index >= 15 is 0 Å². The molecular weight excluding hydrogens is 188 g/mol. The lowest BCUT2D eigenvalue weighted by molar-refractivity contribution is 1.36. The molecule has 0 spiro atoms. The molecule has 0 amide bonds. The van der Waals surface area contributed by atoms with Gasteiger partial charge in [0, 0.05) is 5.56 Å². The minimum Gasteiger partial charge on any atom is -0.383 e. The molecule has 0 aromatic heterocycles. The first-order valence-electron chi connectivity index (χ1n) is 3.54. The molecule has 1 aromatic carbocycles. The average molecular weight is 197 g/mol. The molecule has 0 aliphatic heterocycles. The monoisotopic (exact) mass is 196 g/mol. The lowest BCUT2D eigenvalue weighted by Crippen LogP contribution is -2.19. The molecule has 4 nitrogen and oxygen atoms in total. The van der Waals surface area contributed by atoms with Gasteiger partial charge in [-0.2, -0.15) is 4.99 Å². The molecule has 68 valence electrons. The van der Waals surface area contributed by atoms with Crippen LogP contribution in [0.25, 0.3) is 0 Å². The number of amidine groups is 1. The summed E-state index contributed by atoms with van der Waals surface area (Å²) in [6.45, 7) is 0. The van der Waals surface area contributed by atoms with E-state index in [1.165, 1.54) is 0 Å². The van der Waals surface area contributed by atoms with Crippen LogP contribution in [-0.4, -0.2) is 11.8 Å². The number of aliphatic imine (C=N–C) groups is 1. The first-order valence-corrected chi connectivity index (χ1v) is 3.92. The summed E-state index contributed by atoms with van der Waals surface area (Å²) in [5, 5.41) is 7.40. The second-order valence-corrected chi connectivity index (χ2v) is 2.77. The minimum atomic E-state index is -0.336. The molecule has 1 rings (SSSR count). The molecule has 0 saturated heterocycles. The number of hydrogen-bond donors (Lipinski definition) is 3. The molecule has 0 saturated carbocycles. The zero-order chi connectivity index (χ0) is 9.84. The van der Waals surface area contributed by atoms with Gasteiger partial charge in [-0.25, -0.2) is 0 Å². The molecule has 0 heterocycles. The largest absolute Gasteiger partial charge is 0.383 e. The van der Waals surface area contributed by atoms with Crippen molar-refractivity contribution in [1.82, 2.24) is 0 Å². The topological polar surface area (TPSA) is 88.2 Å². The molecule has 5 N–H and O–H groups in total. The Balaban J connectivity index is 3.08. The number of hydrogen-bond acceptors (Lipinski definition) is 1. The van der Waals surface area contributed by atoms with Crippen molar-refractivity contribution in [1.29, 1.82) is 5.41 Å². The van der Waals surface area contributed by atoms with Gasteiger partial charge in [0.2, 0.25) is 5.96 Å². The van der Waals surface area contributed by atoms with Crippen LogP contribution in [0.2, 0.25) is 5.02 Å². The van der Waals surface area contributed by atoms with Crippen LogP contribution in [0.4, 0.5) is 0 Å². The van der Waals surface area contributed by atoms with Gasteiger partial charge in [0.05, 0.1) is 5.02 Å². The van der Waals surface area contributed by atoms with E-state index < -0.39 is 0 Å². The number of nitrogens with one attached hydrogen (secondary N) is 1. The Hall–Kier alpha value is -1.55. The molecule has 0 radical (unpaired) electrons. The summed E-state index contributed by atoms with van der Waals surface area (Å²) < 4.78 is 0. The maximum absolute atomic E-state index is 6.91. The highest BCUT2D eigenvalue weighted by atomic mass is 35.5. The van der Waals surface area contributed by atoms with E-state index in [0.717, 1.165) is 0 Å². The molecular formula is C8H9ClN4. The van der Waals surface area contributed by atoms with Gasteiger partial charge in [0.25, 0.3) is 0 Å². The van der Waals surface area contributed by atoms with Gasteiger partial charge >= 0.3 is 0 Å². The van der Waals surface area contributed by atoms with Crippen LogP contribution in [0.15, 0.2) is 29.3 Å². The van der Waals surface area contributed by atoms with Crippen LogP contribution >= 0.6 is 11.6 Å². The van der Waals surface area contributed by atoms with Gasteiger partial charge in [-0.1, -0.05) is 23.7 Å². The summed E-state index contributed by atoms with van der Waals surface area (Å²) in [5.74, 6) is -0.185. The third-order valence-electron chi connectivity index (χ3n) is 1.39. The smallest absolute Gasteiger partial charge is 0.214 e. The molecule has 0 aliphatic carbocycles. The molecule has 13 heavy (non-hydrogen) atoms. The number of benzene rings is 1. The summed E-state index contributed by atoms with van der Waals surface area (Å²) in [6, 6.07) is 6.97. The summed E-state index contributed by atoms with van der Waals surface area (Å²) in [5.41, 5.74) is 11.2. The normalized spacial score (nSPS) is 11.3. The molecule has 5 heteroatoms. The summed E-state index contributed by atoms with van der Waals surface area (Å²) in [7, 11) is 0. The van der Waals surface area contributed by atoms with Crippen molar-refractivity contribution in [3.8, 4) is 0 Å². The van der Waals surface area contributed by atoms with Gasteiger partial charge < -0.3 is 11.5 Å². The van der Waals surface area contributed by atoms with Gasteiger partial charge in [0.1, 0.15) is 5.84 Å². The SMILES string of the molecule is N=C(N)/N=C(\N)c1ccccc1Cl. The van der Waals surface area contributed by atoms with Crippen LogP contribution < -0.4 is 11.5 Å². The van der Waals surface area contributed by atoms with Crippen LogP contribution in [0, 0.1) is 5.41 Å². The predicted octanol–water partition coefficient (Wildman–Crippen LogP) is 0.939. The van der Waals surface area contributed by atoms with Crippen molar-refractivity contribution in [3.05, 3.63) is 34.9 Å². The fraction of sp³-hybridized carbons (Fsp3) is 0. The predicted molar refractivity (Wildman–Crippen MR) is 54.1 cm³/mol. The lowest BCUT2D eigenvalue weighted by Gasteiger charge is -2.01. The Morgan fingerprint density at radius 3 is 2.46 bits per heavy atom. The van der Waals surface area contributed by atoms with Crippen molar-refractivity contribution in [2.24, 2.45) is 16.5 Å². The van der Waals surface area contributed by atoms with Crippen LogP contribution in [0.5, 0.6) is 0 Å². The standard InChI is InChI=1S/C8H9ClN4/c9-6-4-2-1-3-5(6)7(10)13-8(11)12/h1-4H,(H5,10,11,12,13). The Labute approximate surface area is 80.7 Å². The summed E-state index contributed by atoms with van der Waals surface area (Å²) in [6.07, 6.45) is 0. The number of nitrogens with zero attached hydrogens (tertiary/aromatic N) is 1. The number of halogens is 1. The number of guanidine groups is 1. The molecule has 0 unspecified atom stereocenters. The van der Waals surface area contributed by atoms with E-state index in [2.05, 4.69) is 4.99 Å². The van der Waals surface area contributed by atoms with E-state index in [4.69, 9.17) is 28.5 Å². The van der Waals surface area contributed by atoms with E-state index in [9.17, 15) is 0 Å². The zero-order valence-corrected chi connectivity index (χ0v) is 7.55. The average Bonchev–Trinajstić information content (AvgIpc) is 2.03. The van der Waals surface area contributed by atoms with Gasteiger partial charge in [-0.3, -0.25) is 5.41 Å². The Morgan fingerprint density at radius 2 is 1.92 bits per heavy atom. The van der Waals surface area contributed by atoms with Crippen molar-refractivity contribution in [3.63, 3.8) is 0 Å². The number of rotatable bonds is 1. The summed E-state index contributed by atoms with van der Waals surface area (Å²) >= 11 is 5.83. The summed E-state index contributed by atoms with van der Waals surface area (Å²) in [4.78, 5) is 3.58. The second kappa shape index (κ2) is 3.91. The van der Waals surface area contributed by atoms with Crippen LogP contribution in [-0.2, 0) is 0 Å². The molecule has 0 fully saturated rings. The third-order valence-corrected chi connectivity index (χ3v) is 1.72. The van der Waals surface area contributed by atoms with Gasteiger partial charge in [0.15, 0.2) is 0 Å². The van der Waals surface area contributed by atoms with Crippen molar-refractivity contribution in [2.75, 3.05) is 0 Å². The van der Waals surface area contributed by atoms with Crippen LogP contribution in [0.1, 0.15) is 5.56 Å². The fourth-order valence-electron chi connectivity index (χ4n) is 0.859. The van der Waals surface area contributed by atoms with E-state index in [-0.39, 0.29) is 11.8 Å². The quantitative estimate of drug-likeness (QED) is 0.461. The molecule has 0 bridgehead atoms. The third kappa shape index (κ3) is 2.45. The van der Waals surface area contributed by atoms with E-state index in [1.54, 1.807) is 24.3 Å². The Bertz CT molecular complexity index is 359. The highest BCUT2D eigenvalue weighted by Gasteiger charge is 2.02. The molecule has 0 aliphatic rings. The first-order chi connectivity index (χ1) is 6.11. The van der Waals surface area contributed by atoms with Crippen molar-refractivity contribution in [2.45, 2.75) is 0 Å². The first kappa shape index (κ1) is 9.54. The fourth-order valence-corrected chi connectivity index (χ4v) is 1.09. The minimum absolute atomic E-state index is 0.151. The van der Waals surface area contributed by atoms with Gasteiger partial charge in [-0.05, 0) is 12.1 Å². The number of nitrogens with two attached hydrogens (primary N) is 2. The maximum Gasteiger partial charge on any atom is 0.214 e. The lowest BCUT2D eigenvalue weighted by atomic mass is 10.2. The zero-order valence-electron chi connectivity index (χ0n) is 6.79. The molecule has 0 atom stereocenters. The van der Waals surface area contributed by atoms with Crippen molar-refractivity contribution < 1.29 is 0 Å². The van der Waals surface area contributed by atoms with Crippen molar-refractivity contribution >= 4 is 23.4 Å². The van der Waals surface area contributed by atoms with Crippen LogP contribution in [0.3, 0.4) is 0 Å². The van der Waals surface area contributed by atoms with E-state index in [0.29, 0.717) is 10.6 Å². The second-order valence-electron chi connectivity index (χ2n) is 2.36. The maximum atomic E-state index is 6.91. The van der Waals surface area contributed by atoms with Gasteiger partial charge in [-0.15, -0.1) is 0 Å². The molecule has 1 aromatic rings. The Kier molecular flexibility index (Phi) is 2.87. The Morgan fingerprint density at radius 1 is 1.31 bits per heavy atom. The highest BCUT2D eigenvalue weighted by molar-refractivity contribution is 6.34. The van der Waals surface area contributed by atoms with E-state index in [1.807, 2.05) is 0 Å². The highest BCUT2D eigenvalue weighted by Crippen LogP contribution is 2.13.